The highest BCUT2D eigenvalue weighted by Crippen LogP contribution is 2.48. The first-order valence-electron chi connectivity index (χ1n) is 7.16. The number of fused-ring (bicyclic) bond motifs is 1. The number of thioether (sulfide) groups is 2. The van der Waals surface area contributed by atoms with E-state index in [1.54, 1.807) is 0 Å². The molecule has 0 nitrogen and oxygen atoms in total. The molecule has 0 spiro atoms. The highest BCUT2D eigenvalue weighted by atomic mass is 79.9. The summed E-state index contributed by atoms with van der Waals surface area (Å²) in [6.45, 7) is 13.3. The summed E-state index contributed by atoms with van der Waals surface area (Å²) in [6.07, 6.45) is 4.42. The third-order valence-corrected chi connectivity index (χ3v) is 9.08. The normalized spacial score (nSPS) is 29.2. The average Bonchev–Trinajstić information content (AvgIpc) is 2.82. The molecule has 1 aromatic heterocycles. The van der Waals surface area contributed by atoms with Crippen LogP contribution < -0.4 is 0 Å². The molecule has 1 unspecified atom stereocenters. The van der Waals surface area contributed by atoms with Crippen LogP contribution in [0.4, 0.5) is 0 Å². The van der Waals surface area contributed by atoms with Crippen molar-refractivity contribution in [3.05, 3.63) is 46.6 Å². The standard InChI is InChI=1S/C17H20Br2S3/c1-6-15(18)22-17-11(4)10(3)13-8-16(19)21-14(13)7-9(2)20-12(17)5/h6-8,10-11,17H,5H2,1-4H3/b9-7+,15-6-/t10-,11-,17?/m1/s1. The van der Waals surface area contributed by atoms with Crippen LogP contribution in [0, 0.1) is 5.92 Å². The summed E-state index contributed by atoms with van der Waals surface area (Å²) in [5.74, 6) is 1.00. The molecule has 1 aliphatic heterocycles. The first-order valence-corrected chi connectivity index (χ1v) is 11.3. The lowest BCUT2D eigenvalue weighted by Gasteiger charge is -2.29. The zero-order valence-corrected chi connectivity index (χ0v) is 18.8. The molecule has 0 bridgehead atoms. The van der Waals surface area contributed by atoms with Gasteiger partial charge in [0.2, 0.25) is 0 Å². The third-order valence-electron chi connectivity index (χ3n) is 3.93. The largest absolute Gasteiger partial charge is 0.129 e. The predicted molar refractivity (Wildman–Crippen MR) is 114 cm³/mol. The van der Waals surface area contributed by atoms with Crippen molar-refractivity contribution in [2.24, 2.45) is 5.92 Å². The van der Waals surface area contributed by atoms with Crippen molar-refractivity contribution in [3.63, 3.8) is 0 Å². The fraction of sp³-hybridized carbons (Fsp3) is 0.412. The highest BCUT2D eigenvalue weighted by Gasteiger charge is 2.30. The highest BCUT2D eigenvalue weighted by molar-refractivity contribution is 9.14. The molecular weight excluding hydrogens is 460 g/mol. The molecule has 0 saturated heterocycles. The van der Waals surface area contributed by atoms with Gasteiger partial charge in [-0.25, -0.2) is 0 Å². The molecule has 0 N–H and O–H groups in total. The van der Waals surface area contributed by atoms with Gasteiger partial charge in [-0.1, -0.05) is 38.3 Å². The molecule has 2 heterocycles. The molecule has 5 heteroatoms. The van der Waals surface area contributed by atoms with Crippen LogP contribution in [0.15, 0.2) is 36.1 Å². The van der Waals surface area contributed by atoms with Gasteiger partial charge < -0.3 is 0 Å². The van der Waals surface area contributed by atoms with Crippen molar-refractivity contribution < 1.29 is 0 Å². The van der Waals surface area contributed by atoms with Gasteiger partial charge in [0.05, 0.1) is 3.79 Å². The molecule has 120 valence electrons. The van der Waals surface area contributed by atoms with E-state index < -0.39 is 0 Å². The molecule has 0 saturated carbocycles. The first-order chi connectivity index (χ1) is 10.3. The Labute approximate surface area is 163 Å². The molecule has 1 aliphatic rings. The van der Waals surface area contributed by atoms with E-state index in [0.717, 1.165) is 0 Å². The second-order valence-electron chi connectivity index (χ2n) is 5.47. The third kappa shape index (κ3) is 4.35. The molecule has 2 rings (SSSR count). The first kappa shape index (κ1) is 18.9. The van der Waals surface area contributed by atoms with Crippen molar-refractivity contribution in [1.29, 1.82) is 0 Å². The van der Waals surface area contributed by atoms with Gasteiger partial charge >= 0.3 is 0 Å². The maximum absolute atomic E-state index is 4.37. The average molecular weight is 480 g/mol. The Morgan fingerprint density at radius 1 is 1.41 bits per heavy atom. The summed E-state index contributed by atoms with van der Waals surface area (Å²) in [6, 6.07) is 2.29. The lowest BCUT2D eigenvalue weighted by atomic mass is 9.86. The second-order valence-corrected chi connectivity index (χ2v) is 11.9. The maximum atomic E-state index is 4.37. The molecule has 22 heavy (non-hydrogen) atoms. The Hall–Kier alpha value is 0.580. The van der Waals surface area contributed by atoms with Crippen LogP contribution in [-0.4, -0.2) is 5.25 Å². The molecule has 0 amide bonds. The minimum Gasteiger partial charge on any atom is -0.129 e. The summed E-state index contributed by atoms with van der Waals surface area (Å²) in [7, 11) is 0. The molecule has 1 aromatic rings. The van der Waals surface area contributed by atoms with Gasteiger partial charge in [-0.05, 0) is 85.1 Å². The molecule has 0 radical (unpaired) electrons. The number of hydrogen-bond acceptors (Lipinski definition) is 3. The monoisotopic (exact) mass is 478 g/mol. The van der Waals surface area contributed by atoms with Crippen molar-refractivity contribution in [2.75, 3.05) is 0 Å². The van der Waals surface area contributed by atoms with Gasteiger partial charge in [0.15, 0.2) is 0 Å². The Kier molecular flexibility index (Phi) is 6.97. The minimum absolute atomic E-state index is 0.388. The summed E-state index contributed by atoms with van der Waals surface area (Å²) in [5, 5.41) is 0.388. The van der Waals surface area contributed by atoms with Crippen LogP contribution in [-0.2, 0) is 0 Å². The van der Waals surface area contributed by atoms with Crippen LogP contribution in [0.1, 0.15) is 44.1 Å². The van der Waals surface area contributed by atoms with Crippen LogP contribution in [0.3, 0.4) is 0 Å². The van der Waals surface area contributed by atoms with Crippen LogP contribution in [0.2, 0.25) is 0 Å². The Morgan fingerprint density at radius 3 is 2.73 bits per heavy atom. The molecule has 0 aromatic carbocycles. The summed E-state index contributed by atoms with van der Waals surface area (Å²) >= 11 is 12.8. The Bertz CT molecular complexity index is 628. The van der Waals surface area contributed by atoms with Crippen molar-refractivity contribution in [1.82, 2.24) is 0 Å². The van der Waals surface area contributed by atoms with Gasteiger partial charge in [-0.3, -0.25) is 0 Å². The van der Waals surface area contributed by atoms with Crippen molar-refractivity contribution in [3.8, 4) is 0 Å². The quantitative estimate of drug-likeness (QED) is 0.418. The van der Waals surface area contributed by atoms with E-state index in [0.29, 0.717) is 17.1 Å². The van der Waals surface area contributed by atoms with Crippen LogP contribution in [0.25, 0.3) is 6.08 Å². The maximum Gasteiger partial charge on any atom is 0.0707 e. The molecule has 3 atom stereocenters. The SMILES string of the molecule is C=C1S/C(C)=C/c2sc(Br)cc2[C@H](C)[C@@H](C)C1S/C(Br)=C\C. The van der Waals surface area contributed by atoms with E-state index in [1.807, 2.05) is 34.9 Å². The van der Waals surface area contributed by atoms with Crippen molar-refractivity contribution >= 4 is 72.8 Å². The lowest BCUT2D eigenvalue weighted by Crippen LogP contribution is -2.20. The van der Waals surface area contributed by atoms with E-state index in [2.05, 4.69) is 84.4 Å². The second kappa shape index (κ2) is 8.11. The van der Waals surface area contributed by atoms with Gasteiger partial charge in [0, 0.05) is 13.9 Å². The zero-order valence-electron chi connectivity index (χ0n) is 13.2. The fourth-order valence-corrected chi connectivity index (χ4v) is 7.15. The summed E-state index contributed by atoms with van der Waals surface area (Å²) in [4.78, 5) is 3.93. The van der Waals surface area contributed by atoms with Gasteiger partial charge in [-0.2, -0.15) is 0 Å². The summed E-state index contributed by atoms with van der Waals surface area (Å²) in [5.41, 5.74) is 1.45. The van der Waals surface area contributed by atoms with Crippen LogP contribution >= 0.6 is 66.7 Å². The van der Waals surface area contributed by atoms with Gasteiger partial charge in [-0.15, -0.1) is 23.1 Å². The fourth-order valence-electron chi connectivity index (χ4n) is 2.54. The van der Waals surface area contributed by atoms with E-state index in [1.165, 1.54) is 27.9 Å². The number of halogens is 2. The molecular formula is C17H20Br2S3. The van der Waals surface area contributed by atoms with Crippen molar-refractivity contribution in [2.45, 2.75) is 38.9 Å². The predicted octanol–water partition coefficient (Wildman–Crippen LogP) is 8.23. The van der Waals surface area contributed by atoms with Gasteiger partial charge in [0.1, 0.15) is 0 Å². The topological polar surface area (TPSA) is 0 Å². The Balaban J connectivity index is 2.46. The number of allylic oxidation sites excluding steroid dienone is 2. The summed E-state index contributed by atoms with van der Waals surface area (Å²) < 4.78 is 2.40. The lowest BCUT2D eigenvalue weighted by molar-refractivity contribution is 0.503. The van der Waals surface area contributed by atoms with E-state index in [4.69, 9.17) is 0 Å². The number of rotatable bonds is 2. The minimum atomic E-state index is 0.388. The molecule has 0 aliphatic carbocycles. The van der Waals surface area contributed by atoms with Gasteiger partial charge in [0.25, 0.3) is 0 Å². The smallest absolute Gasteiger partial charge is 0.0707 e. The molecule has 0 fully saturated rings. The van der Waals surface area contributed by atoms with Crippen LogP contribution in [0.5, 0.6) is 0 Å². The Morgan fingerprint density at radius 2 is 2.09 bits per heavy atom. The van der Waals surface area contributed by atoms with E-state index in [-0.39, 0.29) is 0 Å². The number of hydrogen-bond donors (Lipinski definition) is 0. The zero-order chi connectivity index (χ0) is 16.4. The van der Waals surface area contributed by atoms with E-state index >= 15 is 0 Å². The van der Waals surface area contributed by atoms with E-state index in [9.17, 15) is 0 Å². The number of thiophene rings is 1.